The Kier molecular flexibility index (Phi) is 56.4. The highest BCUT2D eigenvalue weighted by Gasteiger charge is 2.30. The van der Waals surface area contributed by atoms with E-state index in [9.17, 15) is 43.2 Å². The van der Waals surface area contributed by atoms with Crippen molar-refractivity contribution in [3.63, 3.8) is 0 Å². The van der Waals surface area contributed by atoms with E-state index >= 15 is 0 Å². The minimum absolute atomic E-state index is 0.107. The van der Waals surface area contributed by atoms with Gasteiger partial charge in [-0.15, -0.1) is 0 Å². The number of hydrogen-bond acceptors (Lipinski definition) is 15. The first kappa shape index (κ1) is 81.1. The molecule has 0 rings (SSSR count). The van der Waals surface area contributed by atoms with Crippen molar-refractivity contribution in [2.45, 2.75) is 342 Å². The molecule has 0 aliphatic carbocycles. The van der Waals surface area contributed by atoms with E-state index in [0.717, 1.165) is 95.8 Å². The van der Waals surface area contributed by atoms with Crippen LogP contribution in [-0.2, 0) is 65.4 Å². The van der Waals surface area contributed by atoms with Crippen LogP contribution in [0.3, 0.4) is 0 Å². The molecule has 83 heavy (non-hydrogen) atoms. The van der Waals surface area contributed by atoms with Crippen LogP contribution < -0.4 is 0 Å². The molecule has 0 saturated heterocycles. The Balaban J connectivity index is 5.24. The highest BCUT2D eigenvalue weighted by Crippen LogP contribution is 2.45. The zero-order valence-electron chi connectivity index (χ0n) is 53.3. The summed E-state index contributed by atoms with van der Waals surface area (Å²) in [5, 5.41) is 10.5. The lowest BCUT2D eigenvalue weighted by molar-refractivity contribution is -0.161. The summed E-state index contributed by atoms with van der Waals surface area (Å²) in [6, 6.07) is 0. The monoisotopic (exact) mass is 1230 g/mol. The Morgan fingerprint density at radius 2 is 0.554 bits per heavy atom. The van der Waals surface area contributed by atoms with Crippen LogP contribution in [0.1, 0.15) is 324 Å². The predicted molar refractivity (Wildman–Crippen MR) is 331 cm³/mol. The van der Waals surface area contributed by atoms with Crippen molar-refractivity contribution in [2.24, 2.45) is 5.92 Å². The molecular weight excluding hydrogens is 1100 g/mol. The first-order chi connectivity index (χ1) is 40.0. The minimum atomic E-state index is -4.94. The van der Waals surface area contributed by atoms with Crippen molar-refractivity contribution in [1.29, 1.82) is 0 Å². The van der Waals surface area contributed by atoms with Gasteiger partial charge in [0.1, 0.15) is 19.3 Å². The number of phosphoric acid groups is 2. The number of carbonyl (C=O) groups excluding carboxylic acids is 4. The standard InChI is InChI=1S/C64H124O17P2/c1-6-9-12-15-18-21-23-25-28-35-40-45-50-64(69)81-60(54-75-62(67)48-43-38-33-30-29-31-36-41-46-57(4)5)56-79-83(72,73)77-52-58(65)51-76-82(70,71)78-55-59(53-74-61(66)47-42-37-32-26-20-17-14-11-8-3)80-63(68)49-44-39-34-27-24-22-19-16-13-10-7-2/h57-60,65H,6-56H2,1-5H3,(H,70,71)(H,72,73)/t58-,59+,60+/m0/s1. The minimum Gasteiger partial charge on any atom is -0.462 e. The zero-order valence-corrected chi connectivity index (χ0v) is 55.1. The van der Waals surface area contributed by atoms with Gasteiger partial charge in [0, 0.05) is 25.7 Å². The van der Waals surface area contributed by atoms with Crippen LogP contribution >= 0.6 is 15.6 Å². The van der Waals surface area contributed by atoms with E-state index in [2.05, 4.69) is 34.6 Å². The molecule has 0 aromatic rings. The van der Waals surface area contributed by atoms with Gasteiger partial charge in [0.15, 0.2) is 12.2 Å². The molecule has 17 nitrogen and oxygen atoms in total. The van der Waals surface area contributed by atoms with Gasteiger partial charge in [-0.25, -0.2) is 9.13 Å². The van der Waals surface area contributed by atoms with Gasteiger partial charge in [-0.3, -0.25) is 37.3 Å². The van der Waals surface area contributed by atoms with Gasteiger partial charge < -0.3 is 33.8 Å². The summed E-state index contributed by atoms with van der Waals surface area (Å²) >= 11 is 0. The number of hydrogen-bond donors (Lipinski definition) is 3. The lowest BCUT2D eigenvalue weighted by atomic mass is 10.0. The lowest BCUT2D eigenvalue weighted by Crippen LogP contribution is -2.30. The molecule has 0 saturated carbocycles. The van der Waals surface area contributed by atoms with Gasteiger partial charge >= 0.3 is 39.5 Å². The normalized spacial score (nSPS) is 14.2. The fourth-order valence-electron chi connectivity index (χ4n) is 9.58. The molecule has 0 radical (unpaired) electrons. The highest BCUT2D eigenvalue weighted by molar-refractivity contribution is 7.47. The van der Waals surface area contributed by atoms with Gasteiger partial charge in [-0.2, -0.15) is 0 Å². The molecule has 0 spiro atoms. The molecule has 0 aliphatic rings. The lowest BCUT2D eigenvalue weighted by Gasteiger charge is -2.21. The van der Waals surface area contributed by atoms with E-state index in [1.165, 1.54) is 148 Å². The summed E-state index contributed by atoms with van der Waals surface area (Å²) in [6.07, 6.45) is 41.6. The molecule has 0 bridgehead atoms. The fourth-order valence-corrected chi connectivity index (χ4v) is 11.2. The molecule has 0 aliphatic heterocycles. The molecule has 2 unspecified atom stereocenters. The number of ether oxygens (including phenoxy) is 4. The molecule has 0 fully saturated rings. The molecule has 0 heterocycles. The molecule has 5 atom stereocenters. The maximum absolute atomic E-state index is 13.0. The average Bonchev–Trinajstić information content (AvgIpc) is 3.47. The highest BCUT2D eigenvalue weighted by atomic mass is 31.2. The number of aliphatic hydroxyl groups is 1. The molecule has 492 valence electrons. The summed E-state index contributed by atoms with van der Waals surface area (Å²) in [5.74, 6) is -1.41. The maximum atomic E-state index is 13.0. The van der Waals surface area contributed by atoms with Crippen molar-refractivity contribution in [1.82, 2.24) is 0 Å². The molecule has 19 heteroatoms. The van der Waals surface area contributed by atoms with E-state index < -0.39 is 97.5 Å². The molecular formula is C64H124O17P2. The number of unbranched alkanes of at least 4 members (excludes halogenated alkanes) is 36. The fraction of sp³-hybridized carbons (Fsp3) is 0.938. The Bertz CT molecular complexity index is 1620. The third-order valence-electron chi connectivity index (χ3n) is 14.8. The topological polar surface area (TPSA) is 237 Å². The van der Waals surface area contributed by atoms with Crippen molar-refractivity contribution in [3.05, 3.63) is 0 Å². The van der Waals surface area contributed by atoms with Gasteiger partial charge in [0.2, 0.25) is 0 Å². The second kappa shape index (κ2) is 57.8. The zero-order chi connectivity index (χ0) is 61.3. The molecule has 0 aromatic carbocycles. The third-order valence-corrected chi connectivity index (χ3v) is 16.7. The smallest absolute Gasteiger partial charge is 0.462 e. The van der Waals surface area contributed by atoms with Crippen LogP contribution in [0.4, 0.5) is 0 Å². The van der Waals surface area contributed by atoms with Crippen LogP contribution in [-0.4, -0.2) is 96.7 Å². The van der Waals surface area contributed by atoms with E-state index in [1.54, 1.807) is 0 Å². The van der Waals surface area contributed by atoms with E-state index in [-0.39, 0.29) is 25.7 Å². The SMILES string of the molecule is CCCCCCCCCCCCCCC(=O)O[C@H](COC(=O)CCCCCCCCCCC(C)C)COP(=O)(O)OC[C@@H](O)COP(=O)(O)OC[C@@H](COC(=O)CCCCCCCCCCC)OC(=O)CCCCCCCCCCCCC. The largest absolute Gasteiger partial charge is 0.472 e. The number of phosphoric ester groups is 2. The summed E-state index contributed by atoms with van der Waals surface area (Å²) in [5.41, 5.74) is 0. The molecule has 3 N–H and O–H groups in total. The van der Waals surface area contributed by atoms with Crippen LogP contribution in [0.25, 0.3) is 0 Å². The summed E-state index contributed by atoms with van der Waals surface area (Å²) in [7, 11) is -9.88. The number of carbonyl (C=O) groups is 4. The molecule has 0 aromatic heterocycles. The quantitative estimate of drug-likeness (QED) is 0.0222. The predicted octanol–water partition coefficient (Wildman–Crippen LogP) is 17.8. The Hall–Kier alpha value is -1.94. The van der Waals surface area contributed by atoms with E-state index in [0.29, 0.717) is 25.7 Å². The second-order valence-corrected chi connectivity index (χ2v) is 26.5. The summed E-state index contributed by atoms with van der Waals surface area (Å²) in [4.78, 5) is 72.2. The first-order valence-electron chi connectivity index (χ1n) is 33.6. The molecule has 0 amide bonds. The Morgan fingerprint density at radius 1 is 0.325 bits per heavy atom. The Labute approximate surface area is 505 Å². The average molecular weight is 1230 g/mol. The van der Waals surface area contributed by atoms with Crippen LogP contribution in [0.5, 0.6) is 0 Å². The number of aliphatic hydroxyl groups excluding tert-OH is 1. The van der Waals surface area contributed by atoms with E-state index in [4.69, 9.17) is 37.0 Å². The summed E-state index contributed by atoms with van der Waals surface area (Å²) < 4.78 is 68.0. The van der Waals surface area contributed by atoms with Gasteiger partial charge in [-0.1, -0.05) is 272 Å². The maximum Gasteiger partial charge on any atom is 0.472 e. The van der Waals surface area contributed by atoms with Crippen molar-refractivity contribution >= 4 is 39.5 Å². The number of esters is 4. The van der Waals surface area contributed by atoms with Crippen molar-refractivity contribution < 1.29 is 80.2 Å². The Morgan fingerprint density at radius 3 is 0.819 bits per heavy atom. The van der Waals surface area contributed by atoms with Crippen molar-refractivity contribution in [3.8, 4) is 0 Å². The first-order valence-corrected chi connectivity index (χ1v) is 36.6. The second-order valence-electron chi connectivity index (χ2n) is 23.6. The van der Waals surface area contributed by atoms with E-state index in [1.807, 2.05) is 0 Å². The van der Waals surface area contributed by atoms with Gasteiger partial charge in [0.25, 0.3) is 0 Å². The van der Waals surface area contributed by atoms with Crippen molar-refractivity contribution in [2.75, 3.05) is 39.6 Å². The van der Waals surface area contributed by atoms with Crippen LogP contribution in [0, 0.1) is 5.92 Å². The summed E-state index contributed by atoms with van der Waals surface area (Å²) in [6.45, 7) is 7.15. The van der Waals surface area contributed by atoms with Gasteiger partial charge in [-0.05, 0) is 31.6 Å². The van der Waals surface area contributed by atoms with Crippen LogP contribution in [0.15, 0.2) is 0 Å². The third kappa shape index (κ3) is 58.8. The van der Waals surface area contributed by atoms with Crippen LogP contribution in [0.2, 0.25) is 0 Å². The number of rotatable bonds is 64. The van der Waals surface area contributed by atoms with Gasteiger partial charge in [0.05, 0.1) is 26.4 Å².